The third kappa shape index (κ3) is 4.33. The molecule has 0 aliphatic rings. The van der Waals surface area contributed by atoms with E-state index in [1.807, 2.05) is 26.0 Å². The van der Waals surface area contributed by atoms with E-state index in [0.29, 0.717) is 25.5 Å². The van der Waals surface area contributed by atoms with Gasteiger partial charge in [-0.25, -0.2) is 4.98 Å². The predicted octanol–water partition coefficient (Wildman–Crippen LogP) is 1.22. The Hall–Kier alpha value is -1.62. The summed E-state index contributed by atoms with van der Waals surface area (Å²) in [5, 5.41) is 2.80. The van der Waals surface area contributed by atoms with E-state index in [0.717, 1.165) is 12.0 Å². The maximum atomic E-state index is 11.7. The van der Waals surface area contributed by atoms with Gasteiger partial charge in [0.1, 0.15) is 0 Å². The molecule has 0 aliphatic carbocycles. The zero-order valence-corrected chi connectivity index (χ0v) is 11.0. The summed E-state index contributed by atoms with van der Waals surface area (Å²) in [5.74, 6) is 0.424. The molecule has 0 fully saturated rings. The van der Waals surface area contributed by atoms with Crippen LogP contribution >= 0.6 is 0 Å². The average Bonchev–Trinajstić information content (AvgIpc) is 2.38. The SMILES string of the molecule is CCCC(N)C(=O)NCc1cccnc1OCC. The average molecular weight is 251 g/mol. The molecule has 0 bridgehead atoms. The Kier molecular flexibility index (Phi) is 6.14. The maximum Gasteiger partial charge on any atom is 0.237 e. The summed E-state index contributed by atoms with van der Waals surface area (Å²) in [6.45, 7) is 4.84. The second-order valence-electron chi connectivity index (χ2n) is 4.01. The van der Waals surface area contributed by atoms with Crippen LogP contribution in [-0.4, -0.2) is 23.5 Å². The third-order valence-electron chi connectivity index (χ3n) is 2.52. The molecular formula is C13H21N3O2. The van der Waals surface area contributed by atoms with E-state index in [1.165, 1.54) is 0 Å². The van der Waals surface area contributed by atoms with E-state index < -0.39 is 6.04 Å². The lowest BCUT2D eigenvalue weighted by molar-refractivity contribution is -0.122. The lowest BCUT2D eigenvalue weighted by Gasteiger charge is -2.12. The highest BCUT2D eigenvalue weighted by Crippen LogP contribution is 2.13. The van der Waals surface area contributed by atoms with Crippen LogP contribution in [0.1, 0.15) is 32.3 Å². The van der Waals surface area contributed by atoms with Crippen molar-refractivity contribution in [2.24, 2.45) is 5.73 Å². The molecule has 5 nitrogen and oxygen atoms in total. The molecule has 0 aliphatic heterocycles. The Labute approximate surface area is 108 Å². The Morgan fingerprint density at radius 3 is 3.00 bits per heavy atom. The van der Waals surface area contributed by atoms with Crippen molar-refractivity contribution in [1.82, 2.24) is 10.3 Å². The molecule has 0 saturated carbocycles. The molecule has 18 heavy (non-hydrogen) atoms. The minimum absolute atomic E-state index is 0.136. The number of pyridine rings is 1. The zero-order chi connectivity index (χ0) is 13.4. The third-order valence-corrected chi connectivity index (χ3v) is 2.52. The number of rotatable bonds is 7. The minimum Gasteiger partial charge on any atom is -0.478 e. The van der Waals surface area contributed by atoms with E-state index in [9.17, 15) is 4.79 Å². The molecule has 0 aromatic carbocycles. The fourth-order valence-electron chi connectivity index (χ4n) is 1.58. The number of carbonyl (C=O) groups excluding carboxylic acids is 1. The van der Waals surface area contributed by atoms with Crippen molar-refractivity contribution in [2.75, 3.05) is 6.61 Å². The van der Waals surface area contributed by atoms with Crippen LogP contribution in [0.5, 0.6) is 5.88 Å². The highest BCUT2D eigenvalue weighted by Gasteiger charge is 2.12. The molecule has 1 rings (SSSR count). The van der Waals surface area contributed by atoms with Crippen LogP contribution in [0, 0.1) is 0 Å². The van der Waals surface area contributed by atoms with Gasteiger partial charge in [0.05, 0.1) is 12.6 Å². The van der Waals surface area contributed by atoms with Gasteiger partial charge in [-0.15, -0.1) is 0 Å². The van der Waals surface area contributed by atoms with Crippen molar-refractivity contribution in [2.45, 2.75) is 39.3 Å². The van der Waals surface area contributed by atoms with Crippen LogP contribution in [0.15, 0.2) is 18.3 Å². The number of nitrogens with zero attached hydrogens (tertiary/aromatic N) is 1. The van der Waals surface area contributed by atoms with Gasteiger partial charge in [-0.3, -0.25) is 4.79 Å². The van der Waals surface area contributed by atoms with Gasteiger partial charge in [-0.1, -0.05) is 19.4 Å². The number of hydrogen-bond donors (Lipinski definition) is 2. The van der Waals surface area contributed by atoms with Crippen LogP contribution in [0.2, 0.25) is 0 Å². The van der Waals surface area contributed by atoms with Crippen LogP contribution in [0.3, 0.4) is 0 Å². The summed E-state index contributed by atoms with van der Waals surface area (Å²) in [6, 6.07) is 3.25. The van der Waals surface area contributed by atoms with Crippen molar-refractivity contribution in [3.63, 3.8) is 0 Å². The van der Waals surface area contributed by atoms with Gasteiger partial charge in [0.25, 0.3) is 0 Å². The first-order valence-corrected chi connectivity index (χ1v) is 6.29. The monoisotopic (exact) mass is 251 g/mol. The topological polar surface area (TPSA) is 77.2 Å². The van der Waals surface area contributed by atoms with Crippen molar-refractivity contribution in [3.8, 4) is 5.88 Å². The molecule has 0 radical (unpaired) electrons. The van der Waals surface area contributed by atoms with Gasteiger partial charge in [0.2, 0.25) is 11.8 Å². The van der Waals surface area contributed by atoms with E-state index in [1.54, 1.807) is 6.20 Å². The molecule has 5 heteroatoms. The fraction of sp³-hybridized carbons (Fsp3) is 0.538. The molecule has 0 saturated heterocycles. The molecule has 1 atom stereocenters. The molecule has 1 aromatic rings. The van der Waals surface area contributed by atoms with Gasteiger partial charge in [0, 0.05) is 18.3 Å². The van der Waals surface area contributed by atoms with Gasteiger partial charge in [-0.05, 0) is 19.4 Å². The first-order chi connectivity index (χ1) is 8.69. The summed E-state index contributed by atoms with van der Waals surface area (Å²) in [7, 11) is 0. The number of nitrogens with one attached hydrogen (secondary N) is 1. The molecule has 100 valence electrons. The fourth-order valence-corrected chi connectivity index (χ4v) is 1.58. The van der Waals surface area contributed by atoms with E-state index >= 15 is 0 Å². The Balaban J connectivity index is 2.55. The van der Waals surface area contributed by atoms with Gasteiger partial charge >= 0.3 is 0 Å². The Morgan fingerprint density at radius 2 is 2.33 bits per heavy atom. The molecule has 1 aromatic heterocycles. The van der Waals surface area contributed by atoms with E-state index in [-0.39, 0.29) is 5.91 Å². The lowest BCUT2D eigenvalue weighted by atomic mass is 10.1. The quantitative estimate of drug-likeness (QED) is 0.764. The molecule has 0 spiro atoms. The van der Waals surface area contributed by atoms with Crippen molar-refractivity contribution >= 4 is 5.91 Å². The minimum atomic E-state index is -0.442. The number of carbonyl (C=O) groups is 1. The summed E-state index contributed by atoms with van der Waals surface area (Å²) in [5.41, 5.74) is 6.59. The summed E-state index contributed by atoms with van der Waals surface area (Å²) < 4.78 is 5.38. The second kappa shape index (κ2) is 7.66. The number of amides is 1. The normalized spacial score (nSPS) is 11.9. The zero-order valence-electron chi connectivity index (χ0n) is 11.0. The van der Waals surface area contributed by atoms with Crippen molar-refractivity contribution in [3.05, 3.63) is 23.9 Å². The standard InChI is InChI=1S/C13H21N3O2/c1-3-6-11(14)12(17)16-9-10-7-5-8-15-13(10)18-4-2/h5,7-8,11H,3-4,6,9,14H2,1-2H3,(H,16,17). The molecule has 1 amide bonds. The maximum absolute atomic E-state index is 11.7. The van der Waals surface area contributed by atoms with Crippen LogP contribution in [0.4, 0.5) is 0 Å². The molecule has 1 unspecified atom stereocenters. The number of hydrogen-bond acceptors (Lipinski definition) is 4. The largest absolute Gasteiger partial charge is 0.478 e. The molecule has 1 heterocycles. The Bertz CT molecular complexity index is 382. The lowest BCUT2D eigenvalue weighted by Crippen LogP contribution is -2.40. The van der Waals surface area contributed by atoms with Crippen molar-refractivity contribution < 1.29 is 9.53 Å². The number of nitrogens with two attached hydrogens (primary N) is 1. The summed E-state index contributed by atoms with van der Waals surface area (Å²) >= 11 is 0. The molecular weight excluding hydrogens is 230 g/mol. The van der Waals surface area contributed by atoms with E-state index in [2.05, 4.69) is 10.3 Å². The first-order valence-electron chi connectivity index (χ1n) is 6.29. The number of aromatic nitrogens is 1. The van der Waals surface area contributed by atoms with Crippen LogP contribution in [0.25, 0.3) is 0 Å². The second-order valence-corrected chi connectivity index (χ2v) is 4.01. The smallest absolute Gasteiger partial charge is 0.237 e. The summed E-state index contributed by atoms with van der Waals surface area (Å²) in [6.07, 6.45) is 3.25. The number of ether oxygens (including phenoxy) is 1. The van der Waals surface area contributed by atoms with Gasteiger partial charge in [-0.2, -0.15) is 0 Å². The van der Waals surface area contributed by atoms with Crippen molar-refractivity contribution in [1.29, 1.82) is 0 Å². The van der Waals surface area contributed by atoms with Crippen LogP contribution in [-0.2, 0) is 11.3 Å². The van der Waals surface area contributed by atoms with Gasteiger partial charge in [0.15, 0.2) is 0 Å². The highest BCUT2D eigenvalue weighted by molar-refractivity contribution is 5.81. The summed E-state index contributed by atoms with van der Waals surface area (Å²) in [4.78, 5) is 15.8. The predicted molar refractivity (Wildman–Crippen MR) is 70.1 cm³/mol. The molecule has 3 N–H and O–H groups in total. The van der Waals surface area contributed by atoms with Crippen LogP contribution < -0.4 is 15.8 Å². The highest BCUT2D eigenvalue weighted by atomic mass is 16.5. The van der Waals surface area contributed by atoms with Gasteiger partial charge < -0.3 is 15.8 Å². The Morgan fingerprint density at radius 1 is 1.56 bits per heavy atom. The first kappa shape index (κ1) is 14.4. The van der Waals surface area contributed by atoms with E-state index in [4.69, 9.17) is 10.5 Å².